The Morgan fingerprint density at radius 3 is 2.69 bits per heavy atom. The second kappa shape index (κ2) is 6.35. The van der Waals surface area contributed by atoms with Gasteiger partial charge < -0.3 is 20.3 Å². The summed E-state index contributed by atoms with van der Waals surface area (Å²) in [6.07, 6.45) is 0.247. The summed E-state index contributed by atoms with van der Waals surface area (Å²) in [5, 5.41) is 9.11. The summed E-state index contributed by atoms with van der Waals surface area (Å²) >= 11 is 0. The van der Waals surface area contributed by atoms with Gasteiger partial charge in [-0.3, -0.25) is 0 Å². The number of aliphatic hydroxyl groups is 1. The van der Waals surface area contributed by atoms with Crippen LogP contribution in [0.1, 0.15) is 18.9 Å². The zero-order valence-corrected chi connectivity index (χ0v) is 9.77. The smallest absolute Gasteiger partial charge is 0.161 e. The van der Waals surface area contributed by atoms with Gasteiger partial charge in [-0.05, 0) is 24.6 Å². The van der Waals surface area contributed by atoms with E-state index in [1.807, 2.05) is 18.2 Å². The fourth-order valence-electron chi connectivity index (χ4n) is 1.30. The Bertz CT molecular complexity index is 326. The molecule has 3 N–H and O–H groups in total. The topological polar surface area (TPSA) is 64.7 Å². The summed E-state index contributed by atoms with van der Waals surface area (Å²) in [4.78, 5) is 0. The molecule has 0 radical (unpaired) electrons. The van der Waals surface area contributed by atoms with E-state index in [4.69, 9.17) is 20.3 Å². The lowest BCUT2D eigenvalue weighted by atomic mass is 10.2. The number of benzene rings is 1. The van der Waals surface area contributed by atoms with Crippen molar-refractivity contribution >= 4 is 0 Å². The number of ether oxygens (including phenoxy) is 2. The van der Waals surface area contributed by atoms with Crippen molar-refractivity contribution in [1.82, 2.24) is 0 Å². The average molecular weight is 225 g/mol. The maximum atomic E-state index is 9.11. The summed E-state index contributed by atoms with van der Waals surface area (Å²) in [5.41, 5.74) is 6.53. The van der Waals surface area contributed by atoms with Crippen LogP contribution in [0.3, 0.4) is 0 Å². The molecule has 0 aliphatic heterocycles. The minimum Gasteiger partial charge on any atom is -0.493 e. The lowest BCUT2D eigenvalue weighted by Gasteiger charge is -2.12. The summed E-state index contributed by atoms with van der Waals surface area (Å²) in [6, 6.07) is 5.60. The quantitative estimate of drug-likeness (QED) is 0.766. The predicted octanol–water partition coefficient (Wildman–Crippen LogP) is 1.30. The maximum absolute atomic E-state index is 9.11. The molecule has 4 heteroatoms. The number of rotatable bonds is 6. The standard InChI is InChI=1S/C12H19NO3/c1-9(14)5-6-16-11-4-3-10(8-13)7-12(11)15-2/h3-4,7,9,14H,5-6,8,13H2,1-2H3. The first-order valence-corrected chi connectivity index (χ1v) is 5.35. The van der Waals surface area contributed by atoms with Gasteiger partial charge in [0.2, 0.25) is 0 Å². The highest BCUT2D eigenvalue weighted by atomic mass is 16.5. The zero-order valence-electron chi connectivity index (χ0n) is 9.77. The van der Waals surface area contributed by atoms with Crippen LogP contribution in [0.4, 0.5) is 0 Å². The number of hydrogen-bond acceptors (Lipinski definition) is 4. The third kappa shape index (κ3) is 3.72. The fraction of sp³-hybridized carbons (Fsp3) is 0.500. The molecule has 16 heavy (non-hydrogen) atoms. The van der Waals surface area contributed by atoms with Gasteiger partial charge in [0.15, 0.2) is 11.5 Å². The summed E-state index contributed by atoms with van der Waals surface area (Å²) in [5.74, 6) is 1.36. The molecule has 0 amide bonds. The number of hydrogen-bond donors (Lipinski definition) is 2. The number of aliphatic hydroxyl groups excluding tert-OH is 1. The van der Waals surface area contributed by atoms with Crippen molar-refractivity contribution in [2.45, 2.75) is 26.0 Å². The third-order valence-electron chi connectivity index (χ3n) is 2.26. The van der Waals surface area contributed by atoms with Gasteiger partial charge in [-0.25, -0.2) is 0 Å². The Morgan fingerprint density at radius 2 is 2.12 bits per heavy atom. The van der Waals surface area contributed by atoms with E-state index < -0.39 is 0 Å². The monoisotopic (exact) mass is 225 g/mol. The van der Waals surface area contributed by atoms with Crippen LogP contribution in [0, 0.1) is 0 Å². The number of methoxy groups -OCH3 is 1. The number of nitrogens with two attached hydrogens (primary N) is 1. The molecule has 1 unspecified atom stereocenters. The first-order valence-electron chi connectivity index (χ1n) is 5.35. The highest BCUT2D eigenvalue weighted by Crippen LogP contribution is 2.28. The zero-order chi connectivity index (χ0) is 12.0. The highest BCUT2D eigenvalue weighted by Gasteiger charge is 2.05. The predicted molar refractivity (Wildman–Crippen MR) is 62.7 cm³/mol. The molecular formula is C12H19NO3. The molecule has 4 nitrogen and oxygen atoms in total. The first kappa shape index (κ1) is 12.8. The molecule has 0 fully saturated rings. The normalized spacial score (nSPS) is 12.2. The third-order valence-corrected chi connectivity index (χ3v) is 2.26. The molecule has 1 aromatic carbocycles. The molecule has 0 saturated heterocycles. The van der Waals surface area contributed by atoms with Crippen molar-refractivity contribution in [2.24, 2.45) is 5.73 Å². The average Bonchev–Trinajstić information content (AvgIpc) is 2.29. The van der Waals surface area contributed by atoms with Crippen molar-refractivity contribution in [3.63, 3.8) is 0 Å². The Labute approximate surface area is 96.0 Å². The molecule has 1 rings (SSSR count). The van der Waals surface area contributed by atoms with Crippen LogP contribution in [0.5, 0.6) is 11.5 Å². The van der Waals surface area contributed by atoms with E-state index in [1.165, 1.54) is 0 Å². The fourth-order valence-corrected chi connectivity index (χ4v) is 1.30. The van der Waals surface area contributed by atoms with Crippen LogP contribution >= 0.6 is 0 Å². The maximum Gasteiger partial charge on any atom is 0.161 e. The highest BCUT2D eigenvalue weighted by molar-refractivity contribution is 5.42. The van der Waals surface area contributed by atoms with Crippen LogP contribution in [-0.4, -0.2) is 24.9 Å². The van der Waals surface area contributed by atoms with E-state index in [0.717, 1.165) is 5.56 Å². The lowest BCUT2D eigenvalue weighted by molar-refractivity contribution is 0.154. The van der Waals surface area contributed by atoms with Crippen LogP contribution in [0.15, 0.2) is 18.2 Å². The Balaban J connectivity index is 2.64. The molecular weight excluding hydrogens is 206 g/mol. The van der Waals surface area contributed by atoms with E-state index >= 15 is 0 Å². The van der Waals surface area contributed by atoms with Gasteiger partial charge >= 0.3 is 0 Å². The first-order chi connectivity index (χ1) is 7.67. The Hall–Kier alpha value is -1.26. The van der Waals surface area contributed by atoms with Gasteiger partial charge in [0, 0.05) is 13.0 Å². The second-order valence-corrected chi connectivity index (χ2v) is 3.68. The molecule has 1 atom stereocenters. The van der Waals surface area contributed by atoms with Gasteiger partial charge in [0.1, 0.15) is 0 Å². The summed E-state index contributed by atoms with van der Waals surface area (Å²) in [7, 11) is 1.59. The molecule has 0 aliphatic carbocycles. The van der Waals surface area contributed by atoms with Crippen LogP contribution < -0.4 is 15.2 Å². The van der Waals surface area contributed by atoms with Crippen molar-refractivity contribution < 1.29 is 14.6 Å². The van der Waals surface area contributed by atoms with E-state index in [9.17, 15) is 0 Å². The van der Waals surface area contributed by atoms with Crippen LogP contribution in [0.2, 0.25) is 0 Å². The van der Waals surface area contributed by atoms with Crippen molar-refractivity contribution in [2.75, 3.05) is 13.7 Å². The van der Waals surface area contributed by atoms with Crippen molar-refractivity contribution in [1.29, 1.82) is 0 Å². The van der Waals surface area contributed by atoms with E-state index in [1.54, 1.807) is 14.0 Å². The Morgan fingerprint density at radius 1 is 1.38 bits per heavy atom. The van der Waals surface area contributed by atoms with Crippen LogP contribution in [-0.2, 0) is 6.54 Å². The summed E-state index contributed by atoms with van der Waals surface area (Å²) in [6.45, 7) is 2.68. The van der Waals surface area contributed by atoms with Gasteiger partial charge in [0.05, 0.1) is 19.8 Å². The summed E-state index contributed by atoms with van der Waals surface area (Å²) < 4.78 is 10.7. The molecule has 0 heterocycles. The molecule has 0 aromatic heterocycles. The molecule has 90 valence electrons. The molecule has 0 bridgehead atoms. The minimum atomic E-state index is -0.352. The second-order valence-electron chi connectivity index (χ2n) is 3.68. The van der Waals surface area contributed by atoms with E-state index in [0.29, 0.717) is 31.1 Å². The van der Waals surface area contributed by atoms with Gasteiger partial charge in [-0.1, -0.05) is 6.07 Å². The largest absolute Gasteiger partial charge is 0.493 e. The van der Waals surface area contributed by atoms with Gasteiger partial charge in [-0.15, -0.1) is 0 Å². The molecule has 1 aromatic rings. The van der Waals surface area contributed by atoms with E-state index in [2.05, 4.69) is 0 Å². The molecule has 0 spiro atoms. The van der Waals surface area contributed by atoms with Gasteiger partial charge in [0.25, 0.3) is 0 Å². The van der Waals surface area contributed by atoms with E-state index in [-0.39, 0.29) is 6.10 Å². The van der Waals surface area contributed by atoms with Gasteiger partial charge in [-0.2, -0.15) is 0 Å². The lowest BCUT2D eigenvalue weighted by Crippen LogP contribution is -2.08. The Kier molecular flexibility index (Phi) is 5.08. The molecule has 0 aliphatic rings. The van der Waals surface area contributed by atoms with Crippen molar-refractivity contribution in [3.8, 4) is 11.5 Å². The SMILES string of the molecule is COc1cc(CN)ccc1OCCC(C)O. The molecule has 0 saturated carbocycles. The van der Waals surface area contributed by atoms with Crippen LogP contribution in [0.25, 0.3) is 0 Å². The minimum absolute atomic E-state index is 0.352. The van der Waals surface area contributed by atoms with Crippen molar-refractivity contribution in [3.05, 3.63) is 23.8 Å².